The molecule has 1 aliphatic heterocycles. The van der Waals surface area contributed by atoms with Gasteiger partial charge < -0.3 is 4.74 Å². The highest BCUT2D eigenvalue weighted by atomic mass is 32.2. The van der Waals surface area contributed by atoms with Crippen LogP contribution in [0, 0.1) is 16.7 Å². The van der Waals surface area contributed by atoms with Gasteiger partial charge in [-0.05, 0) is 11.3 Å². The summed E-state index contributed by atoms with van der Waals surface area (Å²) in [6.07, 6.45) is 0. The summed E-state index contributed by atoms with van der Waals surface area (Å²) in [5, 5.41) is 0. The lowest BCUT2D eigenvalue weighted by Crippen LogP contribution is -2.19. The molecule has 1 unspecified atom stereocenters. The molecule has 1 rings (SSSR count). The van der Waals surface area contributed by atoms with Crippen molar-refractivity contribution in [2.24, 2.45) is 16.7 Å². The normalized spacial score (nSPS) is 24.1. The second-order valence-corrected chi connectivity index (χ2v) is 7.92. The van der Waals surface area contributed by atoms with Gasteiger partial charge in [0.25, 0.3) is 0 Å². The number of allylic oxidation sites excluding steroid dienone is 2. The van der Waals surface area contributed by atoms with E-state index in [9.17, 15) is 0 Å². The second-order valence-electron chi connectivity index (χ2n) is 6.89. The molecule has 0 aromatic heterocycles. The second kappa shape index (κ2) is 4.64. The number of hydrogen-bond acceptors (Lipinski definition) is 2. The summed E-state index contributed by atoms with van der Waals surface area (Å²) in [5.74, 6) is 3.02. The minimum atomic E-state index is 0.111. The third-order valence-corrected chi connectivity index (χ3v) is 4.42. The Morgan fingerprint density at radius 2 is 1.62 bits per heavy atom. The van der Waals surface area contributed by atoms with Crippen LogP contribution in [0.1, 0.15) is 48.5 Å². The van der Waals surface area contributed by atoms with Crippen LogP contribution < -0.4 is 0 Å². The van der Waals surface area contributed by atoms with Crippen LogP contribution in [0.25, 0.3) is 0 Å². The van der Waals surface area contributed by atoms with Crippen molar-refractivity contribution in [1.29, 1.82) is 0 Å². The van der Waals surface area contributed by atoms with Crippen LogP contribution in [-0.4, -0.2) is 12.4 Å². The maximum atomic E-state index is 6.08. The van der Waals surface area contributed by atoms with E-state index in [0.717, 1.165) is 6.61 Å². The summed E-state index contributed by atoms with van der Waals surface area (Å²) >= 11 is 1.99. The highest BCUT2D eigenvalue weighted by Gasteiger charge is 2.32. The number of rotatable bonds is 0. The molecule has 2 heteroatoms. The summed E-state index contributed by atoms with van der Waals surface area (Å²) in [7, 11) is 0. The third-order valence-electron chi connectivity index (χ3n) is 2.59. The molecule has 0 saturated carbocycles. The number of ether oxygens (including phenoxy) is 1. The molecule has 0 amide bonds. The molecule has 0 aromatic carbocycles. The van der Waals surface area contributed by atoms with Crippen LogP contribution >= 0.6 is 11.8 Å². The molecule has 94 valence electrons. The number of hydrogen-bond donors (Lipinski definition) is 0. The first-order valence-electron chi connectivity index (χ1n) is 6.13. The molecule has 0 aliphatic carbocycles. The average molecular weight is 242 g/mol. The zero-order valence-corrected chi connectivity index (χ0v) is 12.6. The molecule has 0 N–H and O–H groups in total. The Morgan fingerprint density at radius 1 is 1.06 bits per heavy atom. The molecule has 0 radical (unpaired) electrons. The molecule has 0 saturated heterocycles. The fraction of sp³-hybridized carbons (Fsp3) is 0.857. The van der Waals surface area contributed by atoms with E-state index in [4.69, 9.17) is 4.74 Å². The highest BCUT2D eigenvalue weighted by Crippen LogP contribution is 2.45. The largest absolute Gasteiger partial charge is 0.496 e. The molecule has 16 heavy (non-hydrogen) atoms. The van der Waals surface area contributed by atoms with Gasteiger partial charge in [0.2, 0.25) is 0 Å². The first-order valence-corrected chi connectivity index (χ1v) is 7.12. The Bertz CT molecular complexity index is 250. The van der Waals surface area contributed by atoms with Gasteiger partial charge in [0, 0.05) is 16.1 Å². The van der Waals surface area contributed by atoms with Gasteiger partial charge in [-0.25, -0.2) is 0 Å². The van der Waals surface area contributed by atoms with Gasteiger partial charge in [0.1, 0.15) is 5.76 Å². The molecule has 0 fully saturated rings. The SMILES string of the molecule is CC1COC(C(C)(C)C)=C(C(C)(C)C)SC1. The minimum Gasteiger partial charge on any atom is -0.496 e. The molecular formula is C14H26OS. The topological polar surface area (TPSA) is 9.23 Å². The Morgan fingerprint density at radius 3 is 2.06 bits per heavy atom. The zero-order valence-electron chi connectivity index (χ0n) is 11.8. The first-order chi connectivity index (χ1) is 7.12. The van der Waals surface area contributed by atoms with Crippen LogP contribution in [0.5, 0.6) is 0 Å². The van der Waals surface area contributed by atoms with Crippen molar-refractivity contribution in [3.63, 3.8) is 0 Å². The lowest BCUT2D eigenvalue weighted by atomic mass is 9.86. The van der Waals surface area contributed by atoms with Gasteiger partial charge in [-0.15, -0.1) is 11.8 Å². The van der Waals surface area contributed by atoms with E-state index < -0.39 is 0 Å². The monoisotopic (exact) mass is 242 g/mol. The van der Waals surface area contributed by atoms with E-state index >= 15 is 0 Å². The summed E-state index contributed by atoms with van der Waals surface area (Å²) in [6.45, 7) is 16.7. The van der Waals surface area contributed by atoms with Crippen LogP contribution in [0.2, 0.25) is 0 Å². The van der Waals surface area contributed by atoms with Crippen LogP contribution in [0.15, 0.2) is 10.7 Å². The molecule has 0 spiro atoms. The quantitative estimate of drug-likeness (QED) is 0.609. The summed E-state index contributed by atoms with van der Waals surface area (Å²) in [6, 6.07) is 0. The molecular weight excluding hydrogens is 216 g/mol. The van der Waals surface area contributed by atoms with Crippen molar-refractivity contribution in [2.75, 3.05) is 12.4 Å². The predicted molar refractivity (Wildman–Crippen MR) is 73.5 cm³/mol. The van der Waals surface area contributed by atoms with Crippen LogP contribution in [-0.2, 0) is 4.74 Å². The van der Waals surface area contributed by atoms with E-state index in [2.05, 4.69) is 48.5 Å². The van der Waals surface area contributed by atoms with E-state index in [1.165, 1.54) is 16.4 Å². The standard InChI is InChI=1S/C14H26OS/c1-10-8-15-11(13(2,3)4)12(16-9-10)14(5,6)7/h10H,8-9H2,1-7H3. The van der Waals surface area contributed by atoms with Gasteiger partial charge in [-0.1, -0.05) is 48.5 Å². The third kappa shape index (κ3) is 3.44. The van der Waals surface area contributed by atoms with Crippen molar-refractivity contribution in [3.05, 3.63) is 10.7 Å². The molecule has 1 atom stereocenters. The van der Waals surface area contributed by atoms with Crippen LogP contribution in [0.3, 0.4) is 0 Å². The van der Waals surface area contributed by atoms with E-state index in [-0.39, 0.29) is 10.8 Å². The molecule has 1 nitrogen and oxygen atoms in total. The van der Waals surface area contributed by atoms with Crippen molar-refractivity contribution >= 4 is 11.8 Å². The van der Waals surface area contributed by atoms with Gasteiger partial charge in [0.05, 0.1) is 6.61 Å². The summed E-state index contributed by atoms with van der Waals surface area (Å²) in [4.78, 5) is 1.43. The van der Waals surface area contributed by atoms with Crippen molar-refractivity contribution in [3.8, 4) is 0 Å². The maximum absolute atomic E-state index is 6.08. The Balaban J connectivity index is 3.12. The average Bonchev–Trinajstić information content (AvgIpc) is 2.23. The summed E-state index contributed by atoms with van der Waals surface area (Å²) in [5.41, 5.74) is 0.303. The fourth-order valence-corrected chi connectivity index (χ4v) is 3.22. The maximum Gasteiger partial charge on any atom is 0.111 e. The zero-order chi connectivity index (χ0) is 12.6. The highest BCUT2D eigenvalue weighted by molar-refractivity contribution is 8.03. The molecule has 1 heterocycles. The van der Waals surface area contributed by atoms with E-state index in [1.54, 1.807) is 0 Å². The van der Waals surface area contributed by atoms with Gasteiger partial charge in [0.15, 0.2) is 0 Å². The Kier molecular flexibility index (Phi) is 4.04. The molecule has 0 bridgehead atoms. The van der Waals surface area contributed by atoms with Gasteiger partial charge >= 0.3 is 0 Å². The van der Waals surface area contributed by atoms with E-state index in [0.29, 0.717) is 5.92 Å². The van der Waals surface area contributed by atoms with Crippen molar-refractivity contribution < 1.29 is 4.74 Å². The molecule has 1 aliphatic rings. The predicted octanol–water partition coefficient (Wildman–Crippen LogP) is 4.69. The van der Waals surface area contributed by atoms with Crippen molar-refractivity contribution in [1.82, 2.24) is 0 Å². The first kappa shape index (κ1) is 14.0. The van der Waals surface area contributed by atoms with Gasteiger partial charge in [-0.2, -0.15) is 0 Å². The fourth-order valence-electron chi connectivity index (χ4n) is 1.74. The smallest absolute Gasteiger partial charge is 0.111 e. The van der Waals surface area contributed by atoms with Crippen LogP contribution in [0.4, 0.5) is 0 Å². The number of thioether (sulfide) groups is 1. The minimum absolute atomic E-state index is 0.111. The van der Waals surface area contributed by atoms with Crippen molar-refractivity contribution in [2.45, 2.75) is 48.5 Å². The lowest BCUT2D eigenvalue weighted by molar-refractivity contribution is 0.127. The Labute approximate surface area is 105 Å². The lowest BCUT2D eigenvalue weighted by Gasteiger charge is -2.30. The Hall–Kier alpha value is -0.110. The van der Waals surface area contributed by atoms with E-state index in [1.807, 2.05) is 11.8 Å². The van der Waals surface area contributed by atoms with Gasteiger partial charge in [-0.3, -0.25) is 0 Å². The molecule has 0 aromatic rings. The summed E-state index contributed by atoms with van der Waals surface area (Å²) < 4.78 is 6.08.